The van der Waals surface area contributed by atoms with Crippen molar-refractivity contribution >= 4 is 28.9 Å². The van der Waals surface area contributed by atoms with Crippen LogP contribution in [-0.2, 0) is 6.54 Å². The molecular formula is C19H14ClN3O4. The number of carbonyl (C=O) groups is 1. The highest BCUT2D eigenvalue weighted by atomic mass is 35.5. The summed E-state index contributed by atoms with van der Waals surface area (Å²) >= 11 is 5.96. The number of carbonyl (C=O) groups excluding carboxylic acids is 1. The number of non-ortho nitro benzene ring substituents is 1. The van der Waals surface area contributed by atoms with Crippen molar-refractivity contribution in [2.75, 3.05) is 5.32 Å². The summed E-state index contributed by atoms with van der Waals surface area (Å²) in [7, 11) is 0. The van der Waals surface area contributed by atoms with Crippen LogP contribution in [0.25, 0.3) is 0 Å². The van der Waals surface area contributed by atoms with Gasteiger partial charge >= 0.3 is 0 Å². The Hall–Kier alpha value is -3.45. The van der Waals surface area contributed by atoms with Gasteiger partial charge in [-0.3, -0.25) is 19.7 Å². The molecule has 8 heteroatoms. The van der Waals surface area contributed by atoms with Gasteiger partial charge in [0.05, 0.1) is 17.0 Å². The molecule has 0 fully saturated rings. The number of nitrogens with one attached hydrogen (secondary N) is 1. The van der Waals surface area contributed by atoms with E-state index in [1.54, 1.807) is 24.3 Å². The average Bonchev–Trinajstić information content (AvgIpc) is 2.63. The highest BCUT2D eigenvalue weighted by Gasteiger charge is 2.11. The molecule has 0 saturated carbocycles. The lowest BCUT2D eigenvalue weighted by molar-refractivity contribution is -0.384. The highest BCUT2D eigenvalue weighted by molar-refractivity contribution is 6.30. The Morgan fingerprint density at radius 2 is 1.89 bits per heavy atom. The molecule has 27 heavy (non-hydrogen) atoms. The summed E-state index contributed by atoms with van der Waals surface area (Å²) in [6.45, 7) is 0.261. The number of anilines is 1. The Balaban J connectivity index is 1.82. The number of hydrogen-bond donors (Lipinski definition) is 1. The maximum absolute atomic E-state index is 12.4. The SMILES string of the molecule is O=C(Nc1cccc([N+](=O)[O-])c1)c1ccc(=O)n(Cc2cccc(Cl)c2)c1. The summed E-state index contributed by atoms with van der Waals surface area (Å²) in [5.41, 5.74) is 0.978. The predicted octanol–water partition coefficient (Wildman–Crippen LogP) is 3.71. The van der Waals surface area contributed by atoms with E-state index in [9.17, 15) is 19.7 Å². The van der Waals surface area contributed by atoms with Crippen molar-refractivity contribution in [3.8, 4) is 0 Å². The van der Waals surface area contributed by atoms with Crippen LogP contribution in [0.4, 0.5) is 11.4 Å². The molecule has 0 spiro atoms. The van der Waals surface area contributed by atoms with E-state index in [1.807, 2.05) is 6.07 Å². The standard InChI is InChI=1S/C19H14ClN3O4/c20-15-4-1-3-13(9-15)11-22-12-14(7-8-18(22)24)19(25)21-16-5-2-6-17(10-16)23(26)27/h1-10,12H,11H2,(H,21,25). The molecule has 3 rings (SSSR count). The Morgan fingerprint density at radius 1 is 1.11 bits per heavy atom. The highest BCUT2D eigenvalue weighted by Crippen LogP contribution is 2.18. The van der Waals surface area contributed by atoms with E-state index in [1.165, 1.54) is 41.1 Å². The van der Waals surface area contributed by atoms with Gasteiger partial charge in [0.1, 0.15) is 0 Å². The van der Waals surface area contributed by atoms with E-state index < -0.39 is 10.8 Å². The molecule has 1 heterocycles. The Morgan fingerprint density at radius 3 is 2.63 bits per heavy atom. The molecule has 0 aliphatic heterocycles. The average molecular weight is 384 g/mol. The van der Waals surface area contributed by atoms with Gasteiger partial charge in [0.15, 0.2) is 0 Å². The smallest absolute Gasteiger partial charge is 0.271 e. The third kappa shape index (κ3) is 4.59. The molecular weight excluding hydrogens is 370 g/mol. The van der Waals surface area contributed by atoms with Gasteiger partial charge in [-0.15, -0.1) is 0 Å². The largest absolute Gasteiger partial charge is 0.322 e. The zero-order chi connectivity index (χ0) is 19.4. The normalized spacial score (nSPS) is 10.4. The second kappa shape index (κ2) is 7.84. The summed E-state index contributed by atoms with van der Waals surface area (Å²) in [5, 5.41) is 14.0. The lowest BCUT2D eigenvalue weighted by Gasteiger charge is -2.09. The summed E-state index contributed by atoms with van der Waals surface area (Å²) in [6.07, 6.45) is 1.44. The van der Waals surface area contributed by atoms with Crippen molar-refractivity contribution < 1.29 is 9.72 Å². The van der Waals surface area contributed by atoms with E-state index in [-0.39, 0.29) is 23.4 Å². The molecule has 2 aromatic carbocycles. The quantitative estimate of drug-likeness (QED) is 0.536. The third-order valence-corrected chi connectivity index (χ3v) is 4.04. The van der Waals surface area contributed by atoms with Gasteiger partial charge in [-0.2, -0.15) is 0 Å². The Bertz CT molecular complexity index is 1080. The summed E-state index contributed by atoms with van der Waals surface area (Å²) < 4.78 is 1.40. The molecule has 0 bridgehead atoms. The molecule has 0 radical (unpaired) electrons. The molecule has 0 atom stereocenters. The molecule has 1 N–H and O–H groups in total. The first-order chi connectivity index (χ1) is 12.9. The maximum Gasteiger partial charge on any atom is 0.271 e. The van der Waals surface area contributed by atoms with Crippen molar-refractivity contribution in [1.82, 2.24) is 4.57 Å². The summed E-state index contributed by atoms with van der Waals surface area (Å²) in [5.74, 6) is -0.477. The number of amides is 1. The van der Waals surface area contributed by atoms with Gasteiger partial charge in [-0.1, -0.05) is 29.8 Å². The molecule has 0 aliphatic rings. The van der Waals surface area contributed by atoms with Gasteiger partial charge in [0.2, 0.25) is 0 Å². The van der Waals surface area contributed by atoms with Gasteiger partial charge in [-0.25, -0.2) is 0 Å². The maximum atomic E-state index is 12.4. The lowest BCUT2D eigenvalue weighted by Crippen LogP contribution is -2.22. The molecule has 1 amide bonds. The van der Waals surface area contributed by atoms with E-state index >= 15 is 0 Å². The number of halogens is 1. The third-order valence-electron chi connectivity index (χ3n) is 3.80. The van der Waals surface area contributed by atoms with Crippen LogP contribution < -0.4 is 10.9 Å². The van der Waals surface area contributed by atoms with Crippen molar-refractivity contribution in [2.45, 2.75) is 6.54 Å². The fourth-order valence-electron chi connectivity index (χ4n) is 2.52. The number of aromatic nitrogens is 1. The van der Waals surface area contributed by atoms with Gasteiger partial charge in [-0.05, 0) is 29.8 Å². The number of nitro groups is 1. The van der Waals surface area contributed by atoms with Crippen molar-refractivity contribution in [1.29, 1.82) is 0 Å². The zero-order valence-corrected chi connectivity index (χ0v) is 14.7. The molecule has 0 unspecified atom stereocenters. The molecule has 1 aromatic heterocycles. The predicted molar refractivity (Wildman–Crippen MR) is 102 cm³/mol. The number of nitro benzene ring substituents is 1. The minimum atomic E-state index is -0.541. The first kappa shape index (κ1) is 18.3. The molecule has 3 aromatic rings. The van der Waals surface area contributed by atoms with E-state index in [4.69, 9.17) is 11.6 Å². The lowest BCUT2D eigenvalue weighted by atomic mass is 10.2. The number of nitrogens with zero attached hydrogens (tertiary/aromatic N) is 2. The fraction of sp³-hybridized carbons (Fsp3) is 0.0526. The molecule has 0 aliphatic carbocycles. The number of benzene rings is 2. The number of hydrogen-bond acceptors (Lipinski definition) is 4. The summed E-state index contributed by atoms with van der Waals surface area (Å²) in [4.78, 5) is 34.8. The Labute approximate surface area is 159 Å². The Kier molecular flexibility index (Phi) is 5.33. The summed E-state index contributed by atoms with van der Waals surface area (Å²) in [6, 6.07) is 15.4. The fourth-order valence-corrected chi connectivity index (χ4v) is 2.73. The number of rotatable bonds is 5. The first-order valence-corrected chi connectivity index (χ1v) is 8.31. The van der Waals surface area contributed by atoms with E-state index in [0.29, 0.717) is 10.7 Å². The van der Waals surface area contributed by atoms with Gasteiger partial charge in [0, 0.05) is 35.1 Å². The minimum absolute atomic E-state index is 0.126. The first-order valence-electron chi connectivity index (χ1n) is 7.93. The van der Waals surface area contributed by atoms with Gasteiger partial charge in [0.25, 0.3) is 17.2 Å². The van der Waals surface area contributed by atoms with Crippen LogP contribution in [0.3, 0.4) is 0 Å². The molecule has 0 saturated heterocycles. The van der Waals surface area contributed by atoms with Crippen LogP contribution in [0.1, 0.15) is 15.9 Å². The zero-order valence-electron chi connectivity index (χ0n) is 14.0. The monoisotopic (exact) mass is 383 g/mol. The molecule has 7 nitrogen and oxygen atoms in total. The number of pyridine rings is 1. The van der Waals surface area contributed by atoms with E-state index in [2.05, 4.69) is 5.32 Å². The van der Waals surface area contributed by atoms with Crippen molar-refractivity contribution in [3.05, 3.63) is 103 Å². The van der Waals surface area contributed by atoms with E-state index in [0.717, 1.165) is 5.56 Å². The second-order valence-corrected chi connectivity index (χ2v) is 6.21. The van der Waals surface area contributed by atoms with Gasteiger partial charge < -0.3 is 9.88 Å². The van der Waals surface area contributed by atoms with Crippen molar-refractivity contribution in [2.24, 2.45) is 0 Å². The van der Waals surface area contributed by atoms with Crippen LogP contribution >= 0.6 is 11.6 Å². The van der Waals surface area contributed by atoms with Crippen LogP contribution in [0.2, 0.25) is 5.02 Å². The second-order valence-electron chi connectivity index (χ2n) is 5.78. The van der Waals surface area contributed by atoms with Crippen LogP contribution in [0.5, 0.6) is 0 Å². The van der Waals surface area contributed by atoms with Crippen LogP contribution in [0.15, 0.2) is 71.7 Å². The van der Waals surface area contributed by atoms with Crippen LogP contribution in [-0.4, -0.2) is 15.4 Å². The van der Waals surface area contributed by atoms with Crippen molar-refractivity contribution in [3.63, 3.8) is 0 Å². The topological polar surface area (TPSA) is 94.2 Å². The minimum Gasteiger partial charge on any atom is -0.322 e. The molecule has 136 valence electrons. The van der Waals surface area contributed by atoms with Crippen LogP contribution in [0, 0.1) is 10.1 Å².